The van der Waals surface area contributed by atoms with E-state index in [4.69, 9.17) is 15.7 Å². The highest BCUT2D eigenvalue weighted by Crippen LogP contribution is 2.49. The SMILES string of the molecule is CCC(N)Cc1cc(Br)cc(C)c1OCC1(CC#N)CC1. The third-order valence-corrected chi connectivity index (χ3v) is 4.71. The van der Waals surface area contributed by atoms with Gasteiger partial charge in [-0.05, 0) is 55.9 Å². The molecule has 3 nitrogen and oxygen atoms in total. The number of nitriles is 1. The highest BCUT2D eigenvalue weighted by molar-refractivity contribution is 9.10. The summed E-state index contributed by atoms with van der Waals surface area (Å²) in [6.45, 7) is 4.80. The molecule has 0 bridgehead atoms. The smallest absolute Gasteiger partial charge is 0.125 e. The van der Waals surface area contributed by atoms with Gasteiger partial charge in [0.1, 0.15) is 5.75 Å². The van der Waals surface area contributed by atoms with E-state index in [1.54, 1.807) is 0 Å². The zero-order chi connectivity index (χ0) is 15.5. The molecule has 4 heteroatoms. The Labute approximate surface area is 135 Å². The van der Waals surface area contributed by atoms with Crippen molar-refractivity contribution in [2.75, 3.05) is 6.61 Å². The maximum Gasteiger partial charge on any atom is 0.125 e. The van der Waals surface area contributed by atoms with E-state index in [1.807, 2.05) is 0 Å². The summed E-state index contributed by atoms with van der Waals surface area (Å²) in [5, 5.41) is 8.91. The molecule has 0 aliphatic heterocycles. The Bertz CT molecular complexity index is 546. The molecule has 1 aromatic rings. The van der Waals surface area contributed by atoms with Crippen molar-refractivity contribution in [3.8, 4) is 11.8 Å². The van der Waals surface area contributed by atoms with Gasteiger partial charge in [0, 0.05) is 22.4 Å². The number of aryl methyl sites for hydroxylation is 1. The fraction of sp³-hybridized carbons (Fsp3) is 0.588. The van der Waals surface area contributed by atoms with Gasteiger partial charge in [-0.1, -0.05) is 22.9 Å². The molecule has 1 unspecified atom stereocenters. The van der Waals surface area contributed by atoms with Crippen molar-refractivity contribution in [2.24, 2.45) is 11.1 Å². The number of ether oxygens (including phenoxy) is 1. The first-order chi connectivity index (χ1) is 9.99. The number of hydrogen-bond donors (Lipinski definition) is 1. The van der Waals surface area contributed by atoms with Gasteiger partial charge in [-0.15, -0.1) is 0 Å². The van der Waals surface area contributed by atoms with Crippen LogP contribution < -0.4 is 10.5 Å². The molecule has 1 atom stereocenters. The summed E-state index contributed by atoms with van der Waals surface area (Å²) in [6, 6.07) is 6.60. The minimum Gasteiger partial charge on any atom is -0.492 e. The molecule has 0 aromatic heterocycles. The van der Waals surface area contributed by atoms with E-state index in [0.29, 0.717) is 13.0 Å². The van der Waals surface area contributed by atoms with Crippen LogP contribution in [0.3, 0.4) is 0 Å². The van der Waals surface area contributed by atoms with Gasteiger partial charge in [-0.25, -0.2) is 0 Å². The maximum atomic E-state index is 8.91. The van der Waals surface area contributed by atoms with Gasteiger partial charge >= 0.3 is 0 Å². The summed E-state index contributed by atoms with van der Waals surface area (Å²) in [6.07, 6.45) is 4.55. The van der Waals surface area contributed by atoms with Crippen LogP contribution in [-0.4, -0.2) is 12.6 Å². The quantitative estimate of drug-likeness (QED) is 0.804. The van der Waals surface area contributed by atoms with Crippen LogP contribution in [0.5, 0.6) is 5.75 Å². The molecule has 0 amide bonds. The Kier molecular flexibility index (Phi) is 5.29. The first-order valence-corrected chi connectivity index (χ1v) is 8.33. The molecule has 0 heterocycles. The van der Waals surface area contributed by atoms with Crippen LogP contribution in [0.2, 0.25) is 0 Å². The second-order valence-corrected chi connectivity index (χ2v) is 7.12. The minimum absolute atomic E-state index is 0.0956. The van der Waals surface area contributed by atoms with Crippen LogP contribution in [0.1, 0.15) is 43.7 Å². The van der Waals surface area contributed by atoms with Crippen LogP contribution in [-0.2, 0) is 6.42 Å². The van der Waals surface area contributed by atoms with Crippen molar-refractivity contribution in [3.63, 3.8) is 0 Å². The van der Waals surface area contributed by atoms with Crippen molar-refractivity contribution >= 4 is 15.9 Å². The van der Waals surface area contributed by atoms with Crippen LogP contribution in [0.4, 0.5) is 0 Å². The lowest BCUT2D eigenvalue weighted by Gasteiger charge is -2.20. The zero-order valence-corrected chi connectivity index (χ0v) is 14.4. The number of nitrogens with zero attached hydrogens (tertiary/aromatic N) is 1. The molecule has 0 saturated heterocycles. The third-order valence-electron chi connectivity index (χ3n) is 4.26. The highest BCUT2D eigenvalue weighted by atomic mass is 79.9. The van der Waals surface area contributed by atoms with Crippen molar-refractivity contribution in [2.45, 2.75) is 52.0 Å². The van der Waals surface area contributed by atoms with E-state index in [2.05, 4.69) is 48.0 Å². The van der Waals surface area contributed by atoms with Crippen LogP contribution in [0, 0.1) is 23.7 Å². The standard InChI is InChI=1S/C17H23BrN2O/c1-3-15(20)10-13-9-14(18)8-12(2)16(13)21-11-17(4-5-17)6-7-19/h8-9,15H,3-6,10-11,20H2,1-2H3. The van der Waals surface area contributed by atoms with E-state index < -0.39 is 0 Å². The van der Waals surface area contributed by atoms with Gasteiger partial charge in [0.05, 0.1) is 12.7 Å². The zero-order valence-electron chi connectivity index (χ0n) is 12.8. The first-order valence-electron chi connectivity index (χ1n) is 7.54. The van der Waals surface area contributed by atoms with Crippen molar-refractivity contribution < 1.29 is 4.74 Å². The molecule has 2 rings (SSSR count). The summed E-state index contributed by atoms with van der Waals surface area (Å²) >= 11 is 3.55. The van der Waals surface area contributed by atoms with Crippen LogP contribution >= 0.6 is 15.9 Å². The molecule has 2 N–H and O–H groups in total. The summed E-state index contributed by atoms with van der Waals surface area (Å²) in [5.74, 6) is 0.950. The van der Waals surface area contributed by atoms with E-state index >= 15 is 0 Å². The average molecular weight is 351 g/mol. The topological polar surface area (TPSA) is 59.0 Å². The number of nitrogens with two attached hydrogens (primary N) is 1. The van der Waals surface area contributed by atoms with Gasteiger partial charge in [0.25, 0.3) is 0 Å². The predicted octanol–water partition coefficient (Wildman–Crippen LogP) is 4.11. The molecule has 21 heavy (non-hydrogen) atoms. The van der Waals surface area contributed by atoms with Gasteiger partial charge in [0.15, 0.2) is 0 Å². The molecular weight excluding hydrogens is 328 g/mol. The molecule has 1 fully saturated rings. The van der Waals surface area contributed by atoms with Gasteiger partial charge in [-0.3, -0.25) is 0 Å². The van der Waals surface area contributed by atoms with Crippen molar-refractivity contribution in [1.82, 2.24) is 0 Å². The normalized spacial score (nSPS) is 17.1. The molecule has 1 aliphatic carbocycles. The molecule has 1 aromatic carbocycles. The lowest BCUT2D eigenvalue weighted by molar-refractivity contribution is 0.233. The minimum atomic E-state index is 0.0956. The largest absolute Gasteiger partial charge is 0.492 e. The van der Waals surface area contributed by atoms with Crippen molar-refractivity contribution in [1.29, 1.82) is 5.26 Å². The summed E-state index contributed by atoms with van der Waals surface area (Å²) in [5.41, 5.74) is 8.47. The number of halogens is 1. The summed E-state index contributed by atoms with van der Waals surface area (Å²) < 4.78 is 7.18. The lowest BCUT2D eigenvalue weighted by atomic mass is 10.0. The number of benzene rings is 1. The maximum absolute atomic E-state index is 8.91. The van der Waals surface area contributed by atoms with Gasteiger partial charge < -0.3 is 10.5 Å². The molecule has 1 aliphatic rings. The van der Waals surface area contributed by atoms with Gasteiger partial charge in [-0.2, -0.15) is 5.26 Å². The summed E-state index contributed by atoms with van der Waals surface area (Å²) in [4.78, 5) is 0. The fourth-order valence-electron chi connectivity index (χ4n) is 2.53. The van der Waals surface area contributed by atoms with E-state index in [-0.39, 0.29) is 11.5 Å². The monoisotopic (exact) mass is 350 g/mol. The molecular formula is C17H23BrN2O. The van der Waals surface area contributed by atoms with E-state index in [9.17, 15) is 0 Å². The second kappa shape index (κ2) is 6.81. The van der Waals surface area contributed by atoms with Crippen LogP contribution in [0.15, 0.2) is 16.6 Å². The second-order valence-electron chi connectivity index (χ2n) is 6.21. The van der Waals surface area contributed by atoms with Gasteiger partial charge in [0.2, 0.25) is 0 Å². The predicted molar refractivity (Wildman–Crippen MR) is 88.2 cm³/mol. The third kappa shape index (κ3) is 4.21. The lowest BCUT2D eigenvalue weighted by Crippen LogP contribution is -2.22. The Hall–Kier alpha value is -1.05. The Morgan fingerprint density at radius 2 is 2.19 bits per heavy atom. The Morgan fingerprint density at radius 3 is 2.76 bits per heavy atom. The number of hydrogen-bond acceptors (Lipinski definition) is 3. The van der Waals surface area contributed by atoms with E-state index in [1.165, 1.54) is 0 Å². The molecule has 1 saturated carbocycles. The van der Waals surface area contributed by atoms with Crippen LogP contribution in [0.25, 0.3) is 0 Å². The molecule has 114 valence electrons. The number of rotatable bonds is 7. The Balaban J connectivity index is 2.15. The summed E-state index contributed by atoms with van der Waals surface area (Å²) in [7, 11) is 0. The highest BCUT2D eigenvalue weighted by Gasteiger charge is 2.43. The average Bonchev–Trinajstić information content (AvgIpc) is 3.18. The first kappa shape index (κ1) is 16.3. The van der Waals surface area contributed by atoms with E-state index in [0.717, 1.165) is 47.0 Å². The Morgan fingerprint density at radius 1 is 1.48 bits per heavy atom. The van der Waals surface area contributed by atoms with Crippen molar-refractivity contribution in [3.05, 3.63) is 27.7 Å². The molecule has 0 spiro atoms. The molecule has 0 radical (unpaired) electrons. The fourth-order valence-corrected chi connectivity index (χ4v) is 3.15.